The molecule has 0 saturated carbocycles. The topological polar surface area (TPSA) is 50.4 Å². The summed E-state index contributed by atoms with van der Waals surface area (Å²) in [5, 5.41) is 7.08. The zero-order valence-electron chi connectivity index (χ0n) is 13.2. The maximum Gasteiger partial charge on any atom is 0.243 e. The molecule has 1 amide bonds. The van der Waals surface area contributed by atoms with Gasteiger partial charge < -0.3 is 15.4 Å². The Balaban J connectivity index is 2.05. The van der Waals surface area contributed by atoms with Crippen LogP contribution in [-0.2, 0) is 4.79 Å². The summed E-state index contributed by atoms with van der Waals surface area (Å²) in [5.74, 6) is 0.414. The van der Waals surface area contributed by atoms with E-state index in [9.17, 15) is 4.79 Å². The maximum atomic E-state index is 12.1. The van der Waals surface area contributed by atoms with E-state index in [-0.39, 0.29) is 12.5 Å². The molecular weight excluding hydrogens is 335 g/mol. The van der Waals surface area contributed by atoms with Gasteiger partial charge in [0.05, 0.1) is 19.3 Å². The minimum atomic E-state index is -0.176. The van der Waals surface area contributed by atoms with Crippen molar-refractivity contribution in [3.63, 3.8) is 0 Å². The minimum Gasteiger partial charge on any atom is -0.495 e. The smallest absolute Gasteiger partial charge is 0.243 e. The van der Waals surface area contributed by atoms with E-state index in [1.807, 2.05) is 26.0 Å². The van der Waals surface area contributed by atoms with Gasteiger partial charge in [-0.05, 0) is 43.2 Å². The second-order valence-electron chi connectivity index (χ2n) is 5.16. The summed E-state index contributed by atoms with van der Waals surface area (Å²) < 4.78 is 5.27. The number of hydrogen-bond acceptors (Lipinski definition) is 3. The Hall–Kier alpha value is -1.91. The highest BCUT2D eigenvalue weighted by molar-refractivity contribution is 6.31. The van der Waals surface area contributed by atoms with E-state index in [4.69, 9.17) is 27.9 Å². The molecule has 0 aliphatic rings. The number of rotatable bonds is 5. The molecule has 2 aromatic rings. The van der Waals surface area contributed by atoms with Gasteiger partial charge in [-0.25, -0.2) is 0 Å². The molecule has 0 aliphatic heterocycles. The van der Waals surface area contributed by atoms with E-state index in [0.29, 0.717) is 27.2 Å². The van der Waals surface area contributed by atoms with Crippen LogP contribution in [0.3, 0.4) is 0 Å². The highest BCUT2D eigenvalue weighted by Crippen LogP contribution is 2.30. The molecule has 0 unspecified atom stereocenters. The van der Waals surface area contributed by atoms with Crippen molar-refractivity contribution in [2.24, 2.45) is 0 Å². The number of hydrogen-bond donors (Lipinski definition) is 2. The lowest BCUT2D eigenvalue weighted by Crippen LogP contribution is -2.22. The number of carbonyl (C=O) groups is 1. The van der Waals surface area contributed by atoms with Crippen LogP contribution in [0.2, 0.25) is 10.0 Å². The first-order chi connectivity index (χ1) is 10.9. The molecule has 0 saturated heterocycles. The lowest BCUT2D eigenvalue weighted by molar-refractivity contribution is -0.114. The van der Waals surface area contributed by atoms with Crippen LogP contribution in [0.5, 0.6) is 5.75 Å². The van der Waals surface area contributed by atoms with Gasteiger partial charge in [0.15, 0.2) is 0 Å². The van der Waals surface area contributed by atoms with E-state index in [1.165, 1.54) is 0 Å². The Morgan fingerprint density at radius 2 is 1.83 bits per heavy atom. The first-order valence-electron chi connectivity index (χ1n) is 7.04. The molecule has 0 fully saturated rings. The predicted molar refractivity (Wildman–Crippen MR) is 96.0 cm³/mol. The van der Waals surface area contributed by atoms with Gasteiger partial charge in [0.25, 0.3) is 0 Å². The zero-order chi connectivity index (χ0) is 17.0. The average molecular weight is 353 g/mol. The fourth-order valence-electron chi connectivity index (χ4n) is 2.07. The lowest BCUT2D eigenvalue weighted by atomic mass is 10.2. The molecule has 0 aliphatic carbocycles. The number of amides is 1. The molecular formula is C17H18Cl2N2O2. The normalized spacial score (nSPS) is 10.3. The summed E-state index contributed by atoms with van der Waals surface area (Å²) in [6.45, 7) is 3.90. The minimum absolute atomic E-state index is 0.101. The van der Waals surface area contributed by atoms with Gasteiger partial charge in [-0.1, -0.05) is 29.3 Å². The zero-order valence-corrected chi connectivity index (χ0v) is 14.7. The monoisotopic (exact) mass is 352 g/mol. The van der Waals surface area contributed by atoms with Crippen molar-refractivity contribution in [1.29, 1.82) is 0 Å². The molecule has 2 rings (SSSR count). The second kappa shape index (κ2) is 7.57. The van der Waals surface area contributed by atoms with Crippen molar-refractivity contribution in [1.82, 2.24) is 0 Å². The summed E-state index contributed by atoms with van der Waals surface area (Å²) >= 11 is 12.0. The Kier molecular flexibility index (Phi) is 5.74. The number of anilines is 2. The van der Waals surface area contributed by atoms with Crippen LogP contribution in [-0.4, -0.2) is 19.6 Å². The average Bonchev–Trinajstić information content (AvgIpc) is 2.51. The van der Waals surface area contributed by atoms with Gasteiger partial charge in [-0.3, -0.25) is 4.79 Å². The van der Waals surface area contributed by atoms with Gasteiger partial charge in [0.2, 0.25) is 5.91 Å². The van der Waals surface area contributed by atoms with E-state index in [2.05, 4.69) is 10.6 Å². The number of halogens is 2. The van der Waals surface area contributed by atoms with Crippen LogP contribution >= 0.6 is 23.2 Å². The summed E-state index contributed by atoms with van der Waals surface area (Å²) in [4.78, 5) is 12.1. The summed E-state index contributed by atoms with van der Waals surface area (Å²) in [6, 6.07) is 8.93. The number of benzene rings is 2. The van der Waals surface area contributed by atoms with Crippen LogP contribution < -0.4 is 15.4 Å². The first kappa shape index (κ1) is 17.4. The molecule has 0 spiro atoms. The third-order valence-corrected chi connectivity index (χ3v) is 4.04. The Labute approximate surface area is 145 Å². The van der Waals surface area contributed by atoms with Crippen molar-refractivity contribution < 1.29 is 9.53 Å². The van der Waals surface area contributed by atoms with Crippen LogP contribution in [0.15, 0.2) is 30.3 Å². The second-order valence-corrected chi connectivity index (χ2v) is 6.01. The molecule has 4 nitrogen and oxygen atoms in total. The van der Waals surface area contributed by atoms with Crippen molar-refractivity contribution in [3.8, 4) is 5.75 Å². The molecule has 2 N–H and O–H groups in total. The summed E-state index contributed by atoms with van der Waals surface area (Å²) in [5.41, 5.74) is 3.26. The van der Waals surface area contributed by atoms with Crippen molar-refractivity contribution in [3.05, 3.63) is 51.5 Å². The molecule has 2 aromatic carbocycles. The quantitative estimate of drug-likeness (QED) is 0.821. The standard InChI is InChI=1S/C17H18Cl2N2O2/c1-10-4-5-12(18)7-14(10)21-17(22)9-20-15-6-11(2)13(19)8-16(15)23-3/h4-8,20H,9H2,1-3H3,(H,21,22). The highest BCUT2D eigenvalue weighted by atomic mass is 35.5. The fraction of sp³-hybridized carbons (Fsp3) is 0.235. The molecule has 122 valence electrons. The maximum absolute atomic E-state index is 12.1. The molecule has 23 heavy (non-hydrogen) atoms. The van der Waals surface area contributed by atoms with Crippen molar-refractivity contribution in [2.45, 2.75) is 13.8 Å². The molecule has 6 heteroatoms. The highest BCUT2D eigenvalue weighted by Gasteiger charge is 2.10. The van der Waals surface area contributed by atoms with Crippen molar-refractivity contribution >= 4 is 40.5 Å². The number of nitrogens with one attached hydrogen (secondary N) is 2. The van der Waals surface area contributed by atoms with E-state index >= 15 is 0 Å². The Morgan fingerprint density at radius 3 is 2.52 bits per heavy atom. The van der Waals surface area contributed by atoms with Crippen LogP contribution in [0.25, 0.3) is 0 Å². The van der Waals surface area contributed by atoms with Crippen LogP contribution in [0.4, 0.5) is 11.4 Å². The Morgan fingerprint density at radius 1 is 1.09 bits per heavy atom. The molecule has 0 heterocycles. The summed E-state index contributed by atoms with van der Waals surface area (Å²) in [7, 11) is 1.56. The third-order valence-electron chi connectivity index (χ3n) is 3.39. The molecule has 0 radical (unpaired) electrons. The third kappa shape index (κ3) is 4.53. The molecule has 0 atom stereocenters. The number of carbonyl (C=O) groups excluding carboxylic acids is 1. The van der Waals surface area contributed by atoms with Crippen LogP contribution in [0.1, 0.15) is 11.1 Å². The van der Waals surface area contributed by atoms with Crippen molar-refractivity contribution in [2.75, 3.05) is 24.3 Å². The first-order valence-corrected chi connectivity index (χ1v) is 7.80. The number of methoxy groups -OCH3 is 1. The van der Waals surface area contributed by atoms with Gasteiger partial charge in [0, 0.05) is 21.8 Å². The van der Waals surface area contributed by atoms with E-state index in [0.717, 1.165) is 11.1 Å². The summed E-state index contributed by atoms with van der Waals surface area (Å²) in [6.07, 6.45) is 0. The van der Waals surface area contributed by atoms with Gasteiger partial charge in [0.1, 0.15) is 5.75 Å². The number of ether oxygens (including phenoxy) is 1. The Bertz CT molecular complexity index is 733. The lowest BCUT2D eigenvalue weighted by Gasteiger charge is -2.14. The predicted octanol–water partition coefficient (Wildman–Crippen LogP) is 4.67. The fourth-order valence-corrected chi connectivity index (χ4v) is 2.39. The van der Waals surface area contributed by atoms with Gasteiger partial charge in [-0.15, -0.1) is 0 Å². The molecule has 0 aromatic heterocycles. The molecule has 0 bridgehead atoms. The SMILES string of the molecule is COc1cc(Cl)c(C)cc1NCC(=O)Nc1cc(Cl)ccc1C. The largest absolute Gasteiger partial charge is 0.495 e. The van der Waals surface area contributed by atoms with Gasteiger partial charge in [-0.2, -0.15) is 0 Å². The van der Waals surface area contributed by atoms with Gasteiger partial charge >= 0.3 is 0 Å². The van der Waals surface area contributed by atoms with Crippen LogP contribution in [0, 0.1) is 13.8 Å². The van der Waals surface area contributed by atoms with E-state index < -0.39 is 0 Å². The number of aryl methyl sites for hydroxylation is 2. The van der Waals surface area contributed by atoms with E-state index in [1.54, 1.807) is 25.3 Å².